The van der Waals surface area contributed by atoms with Crippen LogP contribution in [-0.2, 0) is 0 Å². The summed E-state index contributed by atoms with van der Waals surface area (Å²) in [5.74, 6) is 0. The molecule has 2 nitrogen and oxygen atoms in total. The van der Waals surface area contributed by atoms with Crippen LogP contribution in [-0.4, -0.2) is 10.5 Å². The molecule has 19 heavy (non-hydrogen) atoms. The fourth-order valence-electron chi connectivity index (χ4n) is 2.02. The van der Waals surface area contributed by atoms with Crippen molar-refractivity contribution in [2.24, 2.45) is 0 Å². The van der Waals surface area contributed by atoms with E-state index in [1.807, 2.05) is 12.1 Å². The number of hydrogen-bond acceptors (Lipinski definition) is 3. The molecule has 0 atom stereocenters. The third-order valence-electron chi connectivity index (χ3n) is 2.92. The summed E-state index contributed by atoms with van der Waals surface area (Å²) in [6.07, 6.45) is 0. The number of halogens is 2. The van der Waals surface area contributed by atoms with Crippen LogP contribution in [0.25, 0.3) is 20.2 Å². The lowest BCUT2D eigenvalue weighted by atomic mass is 10.1. The van der Waals surface area contributed by atoms with Crippen molar-refractivity contribution in [2.75, 3.05) is 0 Å². The molecule has 0 N–H and O–H groups in total. The minimum atomic E-state index is -0.495. The normalized spacial score (nSPS) is 11.1. The van der Waals surface area contributed by atoms with Crippen molar-refractivity contribution in [3.63, 3.8) is 0 Å². The van der Waals surface area contributed by atoms with Crippen LogP contribution in [0.3, 0.4) is 0 Å². The first kappa shape index (κ1) is 12.6. The maximum Gasteiger partial charge on any atom is 0.252 e. The zero-order chi connectivity index (χ0) is 13.6. The Balaban J connectivity index is 2.37. The van der Waals surface area contributed by atoms with Crippen LogP contribution in [0, 0.1) is 0 Å². The number of rotatable bonds is 2. The molecule has 0 fully saturated rings. The molecule has 3 rings (SSSR count). The van der Waals surface area contributed by atoms with Crippen molar-refractivity contribution < 1.29 is 9.59 Å². The van der Waals surface area contributed by atoms with Crippen molar-refractivity contribution in [1.29, 1.82) is 0 Å². The standard InChI is InChI=1S/C14H6Cl2O2S/c15-13(17)7-1-3-11-9(5-7)10-6-8(14(16)18)2-4-12(10)19-11/h1-6H. The monoisotopic (exact) mass is 308 g/mol. The lowest BCUT2D eigenvalue weighted by Crippen LogP contribution is -1.88. The first-order valence-electron chi connectivity index (χ1n) is 5.42. The lowest BCUT2D eigenvalue weighted by molar-refractivity contribution is 0.107. The summed E-state index contributed by atoms with van der Waals surface area (Å²) >= 11 is 12.6. The van der Waals surface area contributed by atoms with Gasteiger partial charge in [0, 0.05) is 31.3 Å². The molecule has 5 heteroatoms. The first-order chi connectivity index (χ1) is 9.06. The predicted molar refractivity (Wildman–Crippen MR) is 79.7 cm³/mol. The molecule has 0 unspecified atom stereocenters. The topological polar surface area (TPSA) is 34.1 Å². The van der Waals surface area contributed by atoms with Gasteiger partial charge in [-0.3, -0.25) is 9.59 Å². The van der Waals surface area contributed by atoms with Crippen molar-refractivity contribution in [3.8, 4) is 0 Å². The smallest absolute Gasteiger partial charge is 0.252 e. The molecule has 0 bridgehead atoms. The van der Waals surface area contributed by atoms with E-state index in [0.29, 0.717) is 11.1 Å². The zero-order valence-corrected chi connectivity index (χ0v) is 11.8. The van der Waals surface area contributed by atoms with Crippen LogP contribution in [0.15, 0.2) is 36.4 Å². The molecule has 1 heterocycles. The first-order valence-corrected chi connectivity index (χ1v) is 6.99. The number of fused-ring (bicyclic) bond motifs is 3. The Hall–Kier alpha value is -1.42. The van der Waals surface area contributed by atoms with Gasteiger partial charge in [-0.15, -0.1) is 11.3 Å². The molecule has 0 amide bonds. The van der Waals surface area contributed by atoms with E-state index in [1.54, 1.807) is 35.6 Å². The zero-order valence-electron chi connectivity index (χ0n) is 9.44. The fourth-order valence-corrected chi connectivity index (χ4v) is 3.32. The summed E-state index contributed by atoms with van der Waals surface area (Å²) in [5, 5.41) is 0.828. The molecule has 0 radical (unpaired) electrons. The molecule has 0 spiro atoms. The van der Waals surface area contributed by atoms with E-state index in [4.69, 9.17) is 23.2 Å². The minimum Gasteiger partial charge on any atom is -0.276 e. The van der Waals surface area contributed by atoms with E-state index in [0.717, 1.165) is 20.2 Å². The highest BCUT2D eigenvalue weighted by atomic mass is 35.5. The summed E-state index contributed by atoms with van der Waals surface area (Å²) < 4.78 is 2.08. The summed E-state index contributed by atoms with van der Waals surface area (Å²) in [4.78, 5) is 22.4. The second-order valence-electron chi connectivity index (χ2n) is 4.07. The van der Waals surface area contributed by atoms with Crippen LogP contribution in [0.2, 0.25) is 0 Å². The van der Waals surface area contributed by atoms with Gasteiger partial charge in [0.15, 0.2) is 0 Å². The largest absolute Gasteiger partial charge is 0.276 e. The second-order valence-corrected chi connectivity index (χ2v) is 5.84. The predicted octanol–water partition coefficient (Wildman–Crippen LogP) is 4.81. The SMILES string of the molecule is O=C(Cl)c1ccc2sc3ccc(C(=O)Cl)cc3c2c1. The molecule has 2 aromatic carbocycles. The Morgan fingerprint density at radius 1 is 0.789 bits per heavy atom. The van der Waals surface area contributed by atoms with Crippen LogP contribution in [0.5, 0.6) is 0 Å². The molecule has 0 saturated heterocycles. The Morgan fingerprint density at radius 3 is 1.58 bits per heavy atom. The van der Waals surface area contributed by atoms with Gasteiger partial charge in [-0.2, -0.15) is 0 Å². The van der Waals surface area contributed by atoms with Gasteiger partial charge in [0.1, 0.15) is 0 Å². The third-order valence-corrected chi connectivity index (χ3v) is 4.51. The Morgan fingerprint density at radius 2 is 1.21 bits per heavy atom. The third kappa shape index (κ3) is 2.14. The van der Waals surface area contributed by atoms with Gasteiger partial charge in [0.25, 0.3) is 10.5 Å². The molecule has 1 aromatic heterocycles. The Bertz CT molecular complexity index is 768. The van der Waals surface area contributed by atoms with E-state index in [2.05, 4.69) is 0 Å². The fraction of sp³-hybridized carbons (Fsp3) is 0. The molecule has 0 aliphatic carbocycles. The van der Waals surface area contributed by atoms with Crippen LogP contribution in [0.4, 0.5) is 0 Å². The van der Waals surface area contributed by atoms with E-state index >= 15 is 0 Å². The molecular weight excluding hydrogens is 303 g/mol. The van der Waals surface area contributed by atoms with E-state index < -0.39 is 10.5 Å². The molecule has 3 aromatic rings. The van der Waals surface area contributed by atoms with Gasteiger partial charge in [0.05, 0.1) is 0 Å². The van der Waals surface area contributed by atoms with Gasteiger partial charge < -0.3 is 0 Å². The van der Waals surface area contributed by atoms with E-state index in [-0.39, 0.29) is 0 Å². The maximum atomic E-state index is 11.2. The number of hydrogen-bond donors (Lipinski definition) is 0. The van der Waals surface area contributed by atoms with Crippen molar-refractivity contribution in [3.05, 3.63) is 47.5 Å². The van der Waals surface area contributed by atoms with E-state index in [9.17, 15) is 9.59 Å². The molecule has 0 aliphatic rings. The van der Waals surface area contributed by atoms with Crippen LogP contribution < -0.4 is 0 Å². The van der Waals surface area contributed by atoms with Crippen molar-refractivity contribution >= 4 is 65.2 Å². The van der Waals surface area contributed by atoms with Gasteiger partial charge in [-0.1, -0.05) is 0 Å². The second kappa shape index (κ2) is 4.60. The van der Waals surface area contributed by atoms with Gasteiger partial charge >= 0.3 is 0 Å². The number of carbonyl (C=O) groups is 2. The van der Waals surface area contributed by atoms with E-state index in [1.165, 1.54) is 0 Å². The van der Waals surface area contributed by atoms with Gasteiger partial charge in [-0.05, 0) is 59.6 Å². The highest BCUT2D eigenvalue weighted by Gasteiger charge is 2.10. The average Bonchev–Trinajstić information content (AvgIpc) is 2.75. The van der Waals surface area contributed by atoms with Crippen molar-refractivity contribution in [1.82, 2.24) is 0 Å². The Labute approximate surface area is 122 Å². The molecule has 0 saturated carbocycles. The quantitative estimate of drug-likeness (QED) is 0.636. The minimum absolute atomic E-state index is 0.441. The van der Waals surface area contributed by atoms with Crippen molar-refractivity contribution in [2.45, 2.75) is 0 Å². The lowest BCUT2D eigenvalue weighted by Gasteiger charge is -1.97. The van der Waals surface area contributed by atoms with Crippen LogP contribution >= 0.6 is 34.5 Å². The van der Waals surface area contributed by atoms with Gasteiger partial charge in [-0.25, -0.2) is 0 Å². The Kier molecular flexibility index (Phi) is 3.05. The molecule has 0 aliphatic heterocycles. The highest BCUT2D eigenvalue weighted by Crippen LogP contribution is 2.35. The molecule has 94 valence electrons. The summed E-state index contributed by atoms with van der Waals surface area (Å²) in [6, 6.07) is 10.6. The van der Waals surface area contributed by atoms with Crippen LogP contribution in [0.1, 0.15) is 20.7 Å². The highest BCUT2D eigenvalue weighted by molar-refractivity contribution is 7.25. The summed E-state index contributed by atoms with van der Waals surface area (Å²) in [6.45, 7) is 0. The number of carbonyl (C=O) groups excluding carboxylic acids is 2. The number of benzene rings is 2. The summed E-state index contributed by atoms with van der Waals surface area (Å²) in [7, 11) is 0. The average molecular weight is 309 g/mol. The molecular formula is C14H6Cl2O2S. The maximum absolute atomic E-state index is 11.2. The van der Waals surface area contributed by atoms with Gasteiger partial charge in [0.2, 0.25) is 0 Å². The summed E-state index contributed by atoms with van der Waals surface area (Å²) in [5.41, 5.74) is 0.882. The number of thiophene rings is 1.